The second-order valence-corrected chi connectivity index (χ2v) is 6.27. The van der Waals surface area contributed by atoms with Crippen LogP contribution in [-0.2, 0) is 10.2 Å². The molecule has 0 amide bonds. The molecule has 0 aromatic rings. The minimum Gasteiger partial charge on any atom is -0.315 e. The molecule has 2 fully saturated rings. The largest absolute Gasteiger partial charge is 0.315 e. The Morgan fingerprint density at radius 2 is 2.07 bits per heavy atom. The summed E-state index contributed by atoms with van der Waals surface area (Å²) >= 11 is 0. The third-order valence-corrected chi connectivity index (χ3v) is 5.12. The van der Waals surface area contributed by atoms with E-state index < -0.39 is 10.2 Å². The van der Waals surface area contributed by atoms with Crippen LogP contribution in [0, 0.1) is 5.92 Å². The van der Waals surface area contributed by atoms with Crippen molar-refractivity contribution in [2.24, 2.45) is 5.92 Å². The van der Waals surface area contributed by atoms with Gasteiger partial charge in [0.25, 0.3) is 10.2 Å². The van der Waals surface area contributed by atoms with Crippen molar-refractivity contribution in [3.63, 3.8) is 0 Å². The molecule has 5 nitrogen and oxygen atoms in total. The zero-order chi connectivity index (χ0) is 10.3. The Kier molecular flexibility index (Phi) is 2.55. The van der Waals surface area contributed by atoms with E-state index in [0.29, 0.717) is 12.5 Å². The summed E-state index contributed by atoms with van der Waals surface area (Å²) in [6.07, 6.45) is 0.991. The van der Waals surface area contributed by atoms with Gasteiger partial charge in [0.1, 0.15) is 0 Å². The summed E-state index contributed by atoms with van der Waals surface area (Å²) in [6.45, 7) is 2.44. The van der Waals surface area contributed by atoms with Gasteiger partial charge >= 0.3 is 0 Å². The predicted octanol–water partition coefficient (Wildman–Crippen LogP) is -0.913. The van der Waals surface area contributed by atoms with E-state index in [1.54, 1.807) is 18.4 Å². The second kappa shape index (κ2) is 3.44. The van der Waals surface area contributed by atoms with Gasteiger partial charge in [0.15, 0.2) is 0 Å². The molecule has 0 radical (unpaired) electrons. The maximum atomic E-state index is 11.9. The van der Waals surface area contributed by atoms with Crippen LogP contribution in [0.2, 0.25) is 0 Å². The van der Waals surface area contributed by atoms with E-state index >= 15 is 0 Å². The van der Waals surface area contributed by atoms with Crippen molar-refractivity contribution in [1.82, 2.24) is 13.9 Å². The van der Waals surface area contributed by atoms with Crippen molar-refractivity contribution in [2.45, 2.75) is 12.5 Å². The molecule has 0 aromatic heterocycles. The van der Waals surface area contributed by atoms with Gasteiger partial charge in [0.2, 0.25) is 0 Å². The van der Waals surface area contributed by atoms with Gasteiger partial charge in [-0.1, -0.05) is 0 Å². The highest BCUT2D eigenvalue weighted by Crippen LogP contribution is 2.29. The van der Waals surface area contributed by atoms with Crippen molar-refractivity contribution in [2.75, 3.05) is 33.7 Å². The molecule has 2 atom stereocenters. The Bertz CT molecular complexity index is 315. The molecule has 2 heterocycles. The first-order valence-electron chi connectivity index (χ1n) is 4.93. The molecule has 6 heteroatoms. The molecule has 0 spiro atoms. The van der Waals surface area contributed by atoms with Crippen LogP contribution in [0.25, 0.3) is 0 Å². The van der Waals surface area contributed by atoms with Gasteiger partial charge in [-0.3, -0.25) is 0 Å². The lowest BCUT2D eigenvalue weighted by atomic mass is 10.1. The van der Waals surface area contributed by atoms with Crippen LogP contribution in [0.3, 0.4) is 0 Å². The summed E-state index contributed by atoms with van der Waals surface area (Å²) < 4.78 is 26.7. The number of nitrogens with one attached hydrogen (secondary N) is 1. The Labute approximate surface area is 85.2 Å². The normalized spacial score (nSPS) is 33.9. The molecule has 0 aromatic carbocycles. The fourth-order valence-electron chi connectivity index (χ4n) is 2.31. The molecule has 0 saturated carbocycles. The minimum absolute atomic E-state index is 0.183. The standard InChI is InChI=1S/C8H17N3O2S/c1-10(2)14(12,13)11-4-3-7-5-9-6-8(7)11/h7-9H,3-6H2,1-2H3. The molecular weight excluding hydrogens is 202 g/mol. The first kappa shape index (κ1) is 10.4. The van der Waals surface area contributed by atoms with Crippen molar-refractivity contribution in [1.29, 1.82) is 0 Å². The van der Waals surface area contributed by atoms with E-state index in [4.69, 9.17) is 0 Å². The van der Waals surface area contributed by atoms with Crippen LogP contribution < -0.4 is 5.32 Å². The van der Waals surface area contributed by atoms with Crippen LogP contribution in [0.4, 0.5) is 0 Å². The number of nitrogens with zero attached hydrogens (tertiary/aromatic N) is 2. The maximum Gasteiger partial charge on any atom is 0.281 e. The predicted molar refractivity (Wildman–Crippen MR) is 54.1 cm³/mol. The molecular formula is C8H17N3O2S. The zero-order valence-corrected chi connectivity index (χ0v) is 9.42. The second-order valence-electron chi connectivity index (χ2n) is 4.18. The van der Waals surface area contributed by atoms with Crippen molar-refractivity contribution in [3.8, 4) is 0 Å². The van der Waals surface area contributed by atoms with Crippen LogP contribution in [0.15, 0.2) is 0 Å². The van der Waals surface area contributed by atoms with Gasteiger partial charge in [-0.2, -0.15) is 17.0 Å². The first-order valence-corrected chi connectivity index (χ1v) is 6.33. The van der Waals surface area contributed by atoms with E-state index in [-0.39, 0.29) is 6.04 Å². The summed E-state index contributed by atoms with van der Waals surface area (Å²) in [6, 6.07) is 0.183. The molecule has 0 aliphatic carbocycles. The SMILES string of the molecule is CN(C)S(=O)(=O)N1CCC2CNCC21. The lowest BCUT2D eigenvalue weighted by Crippen LogP contribution is -2.44. The molecule has 14 heavy (non-hydrogen) atoms. The van der Waals surface area contributed by atoms with Gasteiger partial charge < -0.3 is 5.32 Å². The third kappa shape index (κ3) is 1.46. The fraction of sp³-hybridized carbons (Fsp3) is 1.00. The average molecular weight is 219 g/mol. The Balaban J connectivity index is 2.20. The lowest BCUT2D eigenvalue weighted by Gasteiger charge is -2.25. The maximum absolute atomic E-state index is 11.9. The van der Waals surface area contributed by atoms with Gasteiger partial charge in [0, 0.05) is 33.2 Å². The van der Waals surface area contributed by atoms with E-state index in [9.17, 15) is 8.42 Å². The first-order chi connectivity index (χ1) is 6.53. The van der Waals surface area contributed by atoms with Crippen LogP contribution in [0.1, 0.15) is 6.42 Å². The highest BCUT2D eigenvalue weighted by molar-refractivity contribution is 7.86. The zero-order valence-electron chi connectivity index (χ0n) is 8.60. The van der Waals surface area contributed by atoms with Crippen molar-refractivity contribution in [3.05, 3.63) is 0 Å². The molecule has 2 saturated heterocycles. The summed E-state index contributed by atoms with van der Waals surface area (Å²) in [7, 11) is -0.0275. The van der Waals surface area contributed by atoms with E-state index in [1.807, 2.05) is 0 Å². The number of hydrogen-bond acceptors (Lipinski definition) is 3. The summed E-state index contributed by atoms with van der Waals surface area (Å²) in [5.74, 6) is 0.518. The molecule has 2 aliphatic rings. The minimum atomic E-state index is -3.20. The smallest absolute Gasteiger partial charge is 0.281 e. The molecule has 2 unspecified atom stereocenters. The number of rotatable bonds is 2. The van der Waals surface area contributed by atoms with E-state index in [2.05, 4.69) is 5.32 Å². The number of hydrogen-bond donors (Lipinski definition) is 1. The van der Waals surface area contributed by atoms with Crippen molar-refractivity contribution >= 4 is 10.2 Å². The van der Waals surface area contributed by atoms with Crippen LogP contribution >= 0.6 is 0 Å². The molecule has 0 bridgehead atoms. The molecule has 2 aliphatic heterocycles. The average Bonchev–Trinajstić information content (AvgIpc) is 2.61. The lowest BCUT2D eigenvalue weighted by molar-refractivity contribution is 0.353. The Morgan fingerprint density at radius 1 is 1.36 bits per heavy atom. The van der Waals surface area contributed by atoms with Gasteiger partial charge in [0.05, 0.1) is 0 Å². The summed E-state index contributed by atoms with van der Waals surface area (Å²) in [4.78, 5) is 0. The van der Waals surface area contributed by atoms with Crippen molar-refractivity contribution < 1.29 is 8.42 Å². The summed E-state index contributed by atoms with van der Waals surface area (Å²) in [5, 5.41) is 3.24. The highest BCUT2D eigenvalue weighted by Gasteiger charge is 2.43. The summed E-state index contributed by atoms with van der Waals surface area (Å²) in [5.41, 5.74) is 0. The Hall–Kier alpha value is -0.170. The highest BCUT2D eigenvalue weighted by atomic mass is 32.2. The molecule has 82 valence electrons. The van der Waals surface area contributed by atoms with Gasteiger partial charge in [-0.15, -0.1) is 0 Å². The molecule has 2 rings (SSSR count). The Morgan fingerprint density at radius 3 is 2.71 bits per heavy atom. The van der Waals surface area contributed by atoms with Crippen LogP contribution in [0.5, 0.6) is 0 Å². The topological polar surface area (TPSA) is 52.7 Å². The fourth-order valence-corrected chi connectivity index (χ4v) is 3.65. The van der Waals surface area contributed by atoms with Gasteiger partial charge in [-0.05, 0) is 18.9 Å². The molecule has 1 N–H and O–H groups in total. The monoisotopic (exact) mass is 219 g/mol. The van der Waals surface area contributed by atoms with Gasteiger partial charge in [-0.25, -0.2) is 0 Å². The quantitative estimate of drug-likeness (QED) is 0.654. The van der Waals surface area contributed by atoms with Crippen LogP contribution in [-0.4, -0.2) is 56.8 Å². The van der Waals surface area contributed by atoms with E-state index in [0.717, 1.165) is 19.5 Å². The third-order valence-electron chi connectivity index (χ3n) is 3.15. The number of fused-ring (bicyclic) bond motifs is 1. The van der Waals surface area contributed by atoms with E-state index in [1.165, 1.54) is 4.31 Å².